The van der Waals surface area contributed by atoms with Gasteiger partial charge < -0.3 is 9.88 Å². The van der Waals surface area contributed by atoms with E-state index in [1.807, 2.05) is 0 Å². The van der Waals surface area contributed by atoms with E-state index in [0.29, 0.717) is 16.5 Å². The van der Waals surface area contributed by atoms with Crippen molar-refractivity contribution < 1.29 is 9.18 Å². The average molecular weight is 414 g/mol. The predicted molar refractivity (Wildman–Crippen MR) is 111 cm³/mol. The molecule has 0 spiro atoms. The van der Waals surface area contributed by atoms with Crippen molar-refractivity contribution in [3.63, 3.8) is 0 Å². The summed E-state index contributed by atoms with van der Waals surface area (Å²) in [5, 5.41) is 11.9. The Bertz CT molecular complexity index is 1000. The number of anilines is 2. The van der Waals surface area contributed by atoms with Crippen LogP contribution in [0.1, 0.15) is 30.9 Å². The van der Waals surface area contributed by atoms with Crippen LogP contribution in [0.25, 0.3) is 0 Å². The van der Waals surface area contributed by atoms with Gasteiger partial charge in [0.2, 0.25) is 0 Å². The van der Waals surface area contributed by atoms with Crippen molar-refractivity contribution in [1.29, 1.82) is 0 Å². The molecule has 4 rings (SSSR count). The molecule has 0 aliphatic carbocycles. The number of nitrogens with zero attached hydrogens (tertiary/aromatic N) is 4. The van der Waals surface area contributed by atoms with Gasteiger partial charge in [-0.15, -0.1) is 10.2 Å². The van der Waals surface area contributed by atoms with Gasteiger partial charge in [0.25, 0.3) is 0 Å². The first kappa shape index (κ1) is 19.4. The molecule has 1 aliphatic heterocycles. The Labute approximate surface area is 173 Å². The number of carbonyl (C=O) groups excluding carboxylic acids is 1. The van der Waals surface area contributed by atoms with Gasteiger partial charge in [-0.25, -0.2) is 9.18 Å². The largest absolute Gasteiger partial charge is 0.326 e. The van der Waals surface area contributed by atoms with Crippen molar-refractivity contribution >= 4 is 29.0 Å². The third-order valence-electron chi connectivity index (χ3n) is 4.97. The van der Waals surface area contributed by atoms with Gasteiger partial charge in [-0.05, 0) is 49.2 Å². The molecule has 0 saturated carbocycles. The summed E-state index contributed by atoms with van der Waals surface area (Å²) in [7, 11) is 0. The van der Waals surface area contributed by atoms with Crippen LogP contribution in [0.5, 0.6) is 0 Å². The Hall–Kier alpha value is -2.93. The number of hydrogen-bond donors (Lipinski definition) is 1. The van der Waals surface area contributed by atoms with E-state index in [1.54, 1.807) is 42.5 Å². The Morgan fingerprint density at radius 2 is 1.90 bits per heavy atom. The number of carbonyl (C=O) groups is 1. The molecule has 1 aromatic heterocycles. The lowest BCUT2D eigenvalue weighted by molar-refractivity contribution is 0.256. The third kappa shape index (κ3) is 4.40. The molecular weight excluding hydrogens is 393 g/mol. The molecule has 8 heteroatoms. The number of nitrogens with one attached hydrogen (secondary N) is 1. The Morgan fingerprint density at radius 3 is 2.69 bits per heavy atom. The SMILES string of the molecule is O=C(Nc1ccc(Cl)cc1)N(Cc1nnc2n1CCCCC2)c1ccccc1F. The number of halogens is 2. The van der Waals surface area contributed by atoms with Crippen molar-refractivity contribution in [2.75, 3.05) is 10.2 Å². The second-order valence-corrected chi connectivity index (χ2v) is 7.41. The monoisotopic (exact) mass is 413 g/mol. The van der Waals surface area contributed by atoms with Crippen LogP contribution in [-0.2, 0) is 19.5 Å². The lowest BCUT2D eigenvalue weighted by atomic mass is 10.2. The fraction of sp³-hybridized carbons (Fsp3) is 0.286. The van der Waals surface area contributed by atoms with Crippen molar-refractivity contribution in [1.82, 2.24) is 14.8 Å². The van der Waals surface area contributed by atoms with Gasteiger partial charge >= 0.3 is 6.03 Å². The number of aryl methyl sites for hydroxylation is 1. The number of hydrogen-bond acceptors (Lipinski definition) is 3. The molecule has 3 aromatic rings. The van der Waals surface area contributed by atoms with Gasteiger partial charge in [-0.1, -0.05) is 30.2 Å². The van der Waals surface area contributed by atoms with E-state index in [9.17, 15) is 9.18 Å². The minimum atomic E-state index is -0.477. The summed E-state index contributed by atoms with van der Waals surface area (Å²) in [6.07, 6.45) is 4.11. The Kier molecular flexibility index (Phi) is 5.76. The molecule has 2 heterocycles. The molecule has 0 unspecified atom stereocenters. The van der Waals surface area contributed by atoms with Crippen LogP contribution in [0, 0.1) is 5.82 Å². The average Bonchev–Trinajstić information content (AvgIpc) is 2.94. The second-order valence-electron chi connectivity index (χ2n) is 6.97. The summed E-state index contributed by atoms with van der Waals surface area (Å²) in [6.45, 7) is 0.926. The molecule has 2 aromatic carbocycles. The van der Waals surface area contributed by atoms with Crippen LogP contribution in [-0.4, -0.2) is 20.8 Å². The Morgan fingerprint density at radius 1 is 1.10 bits per heavy atom. The van der Waals surface area contributed by atoms with Gasteiger partial charge in [0, 0.05) is 23.7 Å². The lowest BCUT2D eigenvalue weighted by Gasteiger charge is -2.23. The van der Waals surface area contributed by atoms with E-state index in [1.165, 1.54) is 11.0 Å². The number of urea groups is 1. The van der Waals surface area contributed by atoms with Crippen molar-refractivity contribution in [2.24, 2.45) is 0 Å². The fourth-order valence-electron chi connectivity index (χ4n) is 3.46. The number of benzene rings is 2. The topological polar surface area (TPSA) is 63.1 Å². The molecule has 0 atom stereocenters. The first-order chi connectivity index (χ1) is 14.1. The molecule has 6 nitrogen and oxygen atoms in total. The van der Waals surface area contributed by atoms with E-state index in [2.05, 4.69) is 20.1 Å². The van der Waals surface area contributed by atoms with Crippen molar-refractivity contribution in [3.05, 3.63) is 71.0 Å². The quantitative estimate of drug-likeness (QED) is 0.652. The zero-order chi connectivity index (χ0) is 20.2. The highest BCUT2D eigenvalue weighted by Crippen LogP contribution is 2.24. The number of rotatable bonds is 4. The second kappa shape index (κ2) is 8.61. The smallest absolute Gasteiger partial charge is 0.313 e. The van der Waals surface area contributed by atoms with E-state index in [4.69, 9.17) is 11.6 Å². The molecule has 150 valence electrons. The molecular formula is C21H21ClFN5O. The number of para-hydroxylation sites is 1. The summed E-state index contributed by atoms with van der Waals surface area (Å²) >= 11 is 5.91. The Balaban J connectivity index is 1.64. The molecule has 1 aliphatic rings. The van der Waals surface area contributed by atoms with Crippen LogP contribution < -0.4 is 10.2 Å². The van der Waals surface area contributed by atoms with E-state index in [-0.39, 0.29) is 12.2 Å². The normalized spacial score (nSPS) is 13.4. The summed E-state index contributed by atoms with van der Waals surface area (Å²) in [4.78, 5) is 14.4. The first-order valence-electron chi connectivity index (χ1n) is 9.61. The minimum Gasteiger partial charge on any atom is -0.313 e. The highest BCUT2D eigenvalue weighted by atomic mass is 35.5. The van der Waals surface area contributed by atoms with E-state index >= 15 is 0 Å². The number of fused-ring (bicyclic) bond motifs is 1. The maximum atomic E-state index is 14.5. The maximum Gasteiger partial charge on any atom is 0.326 e. The van der Waals surface area contributed by atoms with Crippen molar-refractivity contribution in [3.8, 4) is 0 Å². The van der Waals surface area contributed by atoms with Gasteiger partial charge in [-0.2, -0.15) is 0 Å². The van der Waals surface area contributed by atoms with Crippen LogP contribution in [0.3, 0.4) is 0 Å². The summed E-state index contributed by atoms with van der Waals surface area (Å²) in [6, 6.07) is 12.5. The van der Waals surface area contributed by atoms with E-state index < -0.39 is 11.8 Å². The standard InChI is InChI=1S/C21H21ClFN5O/c22-15-9-11-16(12-10-15)24-21(29)28(18-7-4-3-6-17(18)23)14-20-26-25-19-8-2-1-5-13-27(19)20/h3-4,6-7,9-12H,1-2,5,8,13-14H2,(H,24,29). The summed E-state index contributed by atoms with van der Waals surface area (Å²) in [5.41, 5.74) is 0.755. The fourth-order valence-corrected chi connectivity index (χ4v) is 3.59. The molecule has 2 amide bonds. The molecule has 29 heavy (non-hydrogen) atoms. The number of amides is 2. The van der Waals surface area contributed by atoms with Crippen LogP contribution in [0.15, 0.2) is 48.5 Å². The van der Waals surface area contributed by atoms with Gasteiger partial charge in [0.05, 0.1) is 12.2 Å². The maximum absolute atomic E-state index is 14.5. The van der Waals surface area contributed by atoms with Gasteiger partial charge in [0.1, 0.15) is 11.6 Å². The summed E-state index contributed by atoms with van der Waals surface area (Å²) < 4.78 is 16.6. The van der Waals surface area contributed by atoms with Crippen LogP contribution in [0.4, 0.5) is 20.6 Å². The van der Waals surface area contributed by atoms with E-state index in [0.717, 1.165) is 38.1 Å². The number of aromatic nitrogens is 3. The lowest BCUT2D eigenvalue weighted by Crippen LogP contribution is -2.36. The molecule has 0 bridgehead atoms. The van der Waals surface area contributed by atoms with Crippen LogP contribution >= 0.6 is 11.6 Å². The third-order valence-corrected chi connectivity index (χ3v) is 5.22. The minimum absolute atomic E-state index is 0.118. The predicted octanol–water partition coefficient (Wildman–Crippen LogP) is 5.04. The zero-order valence-electron chi connectivity index (χ0n) is 15.8. The zero-order valence-corrected chi connectivity index (χ0v) is 16.6. The molecule has 0 radical (unpaired) electrons. The van der Waals surface area contributed by atoms with Gasteiger partial charge in [0.15, 0.2) is 5.82 Å². The molecule has 1 N–H and O–H groups in total. The van der Waals surface area contributed by atoms with Crippen LogP contribution in [0.2, 0.25) is 5.02 Å². The molecule has 0 saturated heterocycles. The molecule has 0 fully saturated rings. The van der Waals surface area contributed by atoms with Crippen molar-refractivity contribution in [2.45, 2.75) is 38.8 Å². The highest BCUT2D eigenvalue weighted by Gasteiger charge is 2.24. The summed E-state index contributed by atoms with van der Waals surface area (Å²) in [5.74, 6) is 1.09. The highest BCUT2D eigenvalue weighted by molar-refractivity contribution is 6.30. The van der Waals surface area contributed by atoms with Gasteiger partial charge in [-0.3, -0.25) is 4.90 Å². The first-order valence-corrected chi connectivity index (χ1v) is 9.99.